The molecule has 20 heavy (non-hydrogen) atoms. The summed E-state index contributed by atoms with van der Waals surface area (Å²) in [5.41, 5.74) is -0.109. The van der Waals surface area contributed by atoms with Crippen molar-refractivity contribution in [2.45, 2.75) is 62.4 Å². The van der Waals surface area contributed by atoms with Crippen molar-refractivity contribution in [2.75, 3.05) is 0 Å². The monoisotopic (exact) mass is 294 g/mol. The molecule has 1 unspecified atom stereocenters. The maximum atomic E-state index is 5.36. The van der Waals surface area contributed by atoms with Gasteiger partial charge in [-0.1, -0.05) is 37.7 Å². The van der Waals surface area contributed by atoms with Crippen molar-refractivity contribution >= 4 is 11.8 Å². The van der Waals surface area contributed by atoms with Crippen LogP contribution in [0.3, 0.4) is 0 Å². The third-order valence-electron chi connectivity index (χ3n) is 3.10. The second-order valence-corrected chi connectivity index (χ2v) is 7.41. The van der Waals surface area contributed by atoms with Gasteiger partial charge in [0.15, 0.2) is 5.82 Å². The molecule has 0 amide bonds. The Balaban J connectivity index is 1.74. The fourth-order valence-electron chi connectivity index (χ4n) is 1.72. The number of tetrazole rings is 1. The molecule has 1 saturated carbocycles. The summed E-state index contributed by atoms with van der Waals surface area (Å²) in [6.07, 6.45) is 2.31. The number of hydrogen-bond donors (Lipinski definition) is 0. The molecule has 0 bridgehead atoms. The van der Waals surface area contributed by atoms with Crippen LogP contribution in [0.4, 0.5) is 0 Å². The van der Waals surface area contributed by atoms with Crippen LogP contribution in [0.1, 0.15) is 63.5 Å². The summed E-state index contributed by atoms with van der Waals surface area (Å²) in [6.45, 7) is 8.21. The summed E-state index contributed by atoms with van der Waals surface area (Å²) >= 11 is 1.55. The van der Waals surface area contributed by atoms with Crippen molar-refractivity contribution in [3.63, 3.8) is 0 Å². The van der Waals surface area contributed by atoms with Crippen LogP contribution in [0.2, 0.25) is 0 Å². The van der Waals surface area contributed by atoms with E-state index >= 15 is 0 Å². The van der Waals surface area contributed by atoms with Crippen molar-refractivity contribution in [1.82, 2.24) is 30.3 Å². The van der Waals surface area contributed by atoms with Gasteiger partial charge in [-0.15, -0.1) is 5.10 Å². The molecule has 2 aromatic heterocycles. The van der Waals surface area contributed by atoms with E-state index in [0.717, 1.165) is 23.8 Å². The van der Waals surface area contributed by atoms with Crippen LogP contribution < -0.4 is 0 Å². The average molecular weight is 294 g/mol. The lowest BCUT2D eigenvalue weighted by molar-refractivity contribution is 0.364. The molecule has 3 rings (SSSR count). The standard InChI is InChI=1S/C12H18N6OS/c1-7(9-13-10(15-19-9)12(2,3)4)20-11-14-16-17-18(11)8-5-6-8/h7-8H,5-6H2,1-4H3. The first kappa shape index (κ1) is 13.5. The molecule has 1 aliphatic rings. The largest absolute Gasteiger partial charge is 0.338 e. The van der Waals surface area contributed by atoms with Gasteiger partial charge in [0, 0.05) is 5.41 Å². The first-order valence-corrected chi connectivity index (χ1v) is 7.61. The van der Waals surface area contributed by atoms with Gasteiger partial charge in [0.25, 0.3) is 0 Å². The summed E-state index contributed by atoms with van der Waals surface area (Å²) in [6, 6.07) is 0.465. The number of nitrogens with zero attached hydrogens (tertiary/aromatic N) is 6. The highest BCUT2D eigenvalue weighted by atomic mass is 32.2. The van der Waals surface area contributed by atoms with Crippen LogP contribution in [0, 0.1) is 0 Å². The molecule has 1 fully saturated rings. The van der Waals surface area contributed by atoms with Crippen LogP contribution in [0.5, 0.6) is 0 Å². The summed E-state index contributed by atoms with van der Waals surface area (Å²) in [5, 5.41) is 16.8. The zero-order valence-corrected chi connectivity index (χ0v) is 12.9. The smallest absolute Gasteiger partial charge is 0.239 e. The van der Waals surface area contributed by atoms with E-state index in [-0.39, 0.29) is 10.7 Å². The van der Waals surface area contributed by atoms with Crippen LogP contribution in [0.15, 0.2) is 9.68 Å². The minimum atomic E-state index is -0.109. The molecule has 2 aromatic rings. The molecule has 2 heterocycles. The van der Waals surface area contributed by atoms with Gasteiger partial charge in [0.05, 0.1) is 11.3 Å². The summed E-state index contributed by atoms with van der Waals surface area (Å²) in [4.78, 5) is 4.48. The maximum Gasteiger partial charge on any atom is 0.239 e. The second kappa shape index (κ2) is 4.83. The van der Waals surface area contributed by atoms with E-state index in [1.165, 1.54) is 0 Å². The van der Waals surface area contributed by atoms with E-state index in [2.05, 4.69) is 46.4 Å². The van der Waals surface area contributed by atoms with Crippen LogP contribution in [-0.4, -0.2) is 30.3 Å². The van der Waals surface area contributed by atoms with Crippen LogP contribution >= 0.6 is 11.8 Å². The Kier molecular flexibility index (Phi) is 3.27. The van der Waals surface area contributed by atoms with E-state index in [1.54, 1.807) is 11.8 Å². The SMILES string of the molecule is CC(Sc1nnnn1C1CC1)c1nc(C(C)(C)C)no1. The van der Waals surface area contributed by atoms with E-state index in [4.69, 9.17) is 4.52 Å². The summed E-state index contributed by atoms with van der Waals surface area (Å²) in [7, 11) is 0. The Morgan fingerprint density at radius 3 is 2.70 bits per heavy atom. The Morgan fingerprint density at radius 1 is 1.35 bits per heavy atom. The predicted octanol–water partition coefficient (Wildman–Crippen LogP) is 2.54. The second-order valence-electron chi connectivity index (χ2n) is 6.10. The fourth-order valence-corrected chi connectivity index (χ4v) is 2.61. The Labute approximate surface area is 121 Å². The predicted molar refractivity (Wildman–Crippen MR) is 73.4 cm³/mol. The maximum absolute atomic E-state index is 5.36. The molecular formula is C12H18N6OS. The summed E-state index contributed by atoms with van der Waals surface area (Å²) < 4.78 is 7.25. The van der Waals surface area contributed by atoms with Gasteiger partial charge >= 0.3 is 0 Å². The van der Waals surface area contributed by atoms with Crippen molar-refractivity contribution in [2.24, 2.45) is 0 Å². The highest BCUT2D eigenvalue weighted by Gasteiger charge is 2.30. The van der Waals surface area contributed by atoms with E-state index in [0.29, 0.717) is 11.9 Å². The number of rotatable bonds is 4. The zero-order valence-electron chi connectivity index (χ0n) is 12.1. The molecule has 1 aliphatic carbocycles. The normalized spacial score (nSPS) is 17.4. The van der Waals surface area contributed by atoms with E-state index in [1.807, 2.05) is 11.6 Å². The highest BCUT2D eigenvalue weighted by Crippen LogP contribution is 2.40. The fraction of sp³-hybridized carbons (Fsp3) is 0.750. The molecule has 0 aliphatic heterocycles. The van der Waals surface area contributed by atoms with Gasteiger partial charge in [0.2, 0.25) is 11.0 Å². The van der Waals surface area contributed by atoms with E-state index < -0.39 is 0 Å². The first-order valence-electron chi connectivity index (χ1n) is 6.74. The summed E-state index contributed by atoms with van der Waals surface area (Å²) in [5.74, 6) is 1.34. The van der Waals surface area contributed by atoms with Crippen molar-refractivity contribution < 1.29 is 4.52 Å². The number of hydrogen-bond acceptors (Lipinski definition) is 7. The van der Waals surface area contributed by atoms with Gasteiger partial charge in [-0.05, 0) is 30.2 Å². The van der Waals surface area contributed by atoms with Crippen molar-refractivity contribution in [3.8, 4) is 0 Å². The Bertz CT molecular complexity index is 597. The molecule has 7 nitrogen and oxygen atoms in total. The lowest BCUT2D eigenvalue weighted by Gasteiger charge is -2.11. The zero-order chi connectivity index (χ0) is 14.3. The molecular weight excluding hydrogens is 276 g/mol. The van der Waals surface area contributed by atoms with Gasteiger partial charge < -0.3 is 4.52 Å². The topological polar surface area (TPSA) is 82.5 Å². The quantitative estimate of drug-likeness (QED) is 0.801. The average Bonchev–Trinajstić information content (AvgIpc) is 2.91. The number of thioether (sulfide) groups is 1. The van der Waals surface area contributed by atoms with Gasteiger partial charge in [0.1, 0.15) is 0 Å². The molecule has 108 valence electrons. The highest BCUT2D eigenvalue weighted by molar-refractivity contribution is 7.99. The van der Waals surface area contributed by atoms with Gasteiger partial charge in [-0.3, -0.25) is 0 Å². The van der Waals surface area contributed by atoms with Gasteiger partial charge in [-0.25, -0.2) is 4.68 Å². The minimum absolute atomic E-state index is 0.0297. The molecule has 0 aromatic carbocycles. The Morgan fingerprint density at radius 2 is 2.10 bits per heavy atom. The van der Waals surface area contributed by atoms with Crippen LogP contribution in [0.25, 0.3) is 0 Å². The van der Waals surface area contributed by atoms with Crippen molar-refractivity contribution in [3.05, 3.63) is 11.7 Å². The molecule has 0 N–H and O–H groups in total. The number of aromatic nitrogens is 6. The molecule has 0 spiro atoms. The minimum Gasteiger partial charge on any atom is -0.338 e. The lowest BCUT2D eigenvalue weighted by Crippen LogP contribution is -2.13. The van der Waals surface area contributed by atoms with Gasteiger partial charge in [-0.2, -0.15) is 4.98 Å². The lowest BCUT2D eigenvalue weighted by atomic mass is 9.96. The third kappa shape index (κ3) is 2.70. The Hall–Kier alpha value is -1.44. The molecule has 8 heteroatoms. The first-order chi connectivity index (χ1) is 9.45. The molecule has 0 radical (unpaired) electrons. The third-order valence-corrected chi connectivity index (χ3v) is 4.13. The van der Waals surface area contributed by atoms with E-state index in [9.17, 15) is 0 Å². The van der Waals surface area contributed by atoms with Crippen LogP contribution in [-0.2, 0) is 5.41 Å². The molecule has 0 saturated heterocycles. The molecule has 1 atom stereocenters. The van der Waals surface area contributed by atoms with Crippen molar-refractivity contribution in [1.29, 1.82) is 0 Å².